The zero-order chi connectivity index (χ0) is 10.7. The van der Waals surface area contributed by atoms with Gasteiger partial charge in [-0.15, -0.1) is 6.42 Å². The van der Waals surface area contributed by atoms with E-state index < -0.39 is 0 Å². The van der Waals surface area contributed by atoms with Gasteiger partial charge in [0.15, 0.2) is 0 Å². The lowest BCUT2D eigenvalue weighted by molar-refractivity contribution is 0.301. The number of terminal acetylenes is 1. The first-order valence-electron chi connectivity index (χ1n) is 5.22. The molecule has 1 aromatic carbocycles. The van der Waals surface area contributed by atoms with Crippen molar-refractivity contribution in [1.29, 1.82) is 0 Å². The highest BCUT2D eigenvalue weighted by Gasteiger charge is 2.30. The predicted octanol–water partition coefficient (Wildman–Crippen LogP) is 2.81. The van der Waals surface area contributed by atoms with Crippen molar-refractivity contribution in [2.24, 2.45) is 0 Å². The van der Waals surface area contributed by atoms with E-state index >= 15 is 0 Å². The Morgan fingerprint density at radius 1 is 1.40 bits per heavy atom. The lowest BCUT2D eigenvalue weighted by atomic mass is 9.76. The first-order valence-corrected chi connectivity index (χ1v) is 5.60. The number of benzene rings is 1. The molecule has 15 heavy (non-hydrogen) atoms. The van der Waals surface area contributed by atoms with Crippen LogP contribution in [0, 0.1) is 12.3 Å². The minimum Gasteiger partial charge on any atom is -0.303 e. The monoisotopic (exact) mass is 219 g/mol. The van der Waals surface area contributed by atoms with E-state index in [4.69, 9.17) is 18.0 Å². The van der Waals surface area contributed by atoms with E-state index in [1.54, 1.807) is 0 Å². The minimum atomic E-state index is 0.572. The van der Waals surface area contributed by atoms with Crippen molar-refractivity contribution >= 4 is 11.6 Å². The summed E-state index contributed by atoms with van der Waals surface area (Å²) in [5, 5.41) is 4.20. The molecule has 2 heteroatoms. The summed E-state index contributed by atoms with van der Waals surface area (Å²) in [4.78, 5) is 0. The molecule has 0 aromatic heterocycles. The van der Waals surface area contributed by atoms with Gasteiger partial charge in [0.25, 0.3) is 0 Å². The van der Waals surface area contributed by atoms with Crippen molar-refractivity contribution < 1.29 is 0 Å². The molecular formula is C13H14ClN. The van der Waals surface area contributed by atoms with Crippen molar-refractivity contribution in [2.75, 3.05) is 6.54 Å². The number of hydrogen-bond acceptors (Lipinski definition) is 1. The fourth-order valence-corrected chi connectivity index (χ4v) is 2.34. The molecule has 0 heterocycles. The van der Waals surface area contributed by atoms with Gasteiger partial charge in [-0.3, -0.25) is 0 Å². The minimum absolute atomic E-state index is 0.572. The molecule has 1 N–H and O–H groups in total. The van der Waals surface area contributed by atoms with Crippen molar-refractivity contribution in [3.8, 4) is 12.3 Å². The van der Waals surface area contributed by atoms with E-state index in [1.807, 2.05) is 18.2 Å². The van der Waals surface area contributed by atoms with E-state index in [2.05, 4.69) is 17.3 Å². The van der Waals surface area contributed by atoms with Crippen molar-refractivity contribution in [3.05, 3.63) is 34.9 Å². The maximum absolute atomic E-state index is 6.13. The molecule has 1 aliphatic rings. The molecule has 78 valence electrons. The molecule has 0 spiro atoms. The Bertz CT molecular complexity index is 374. The van der Waals surface area contributed by atoms with Crippen molar-refractivity contribution in [1.82, 2.24) is 5.32 Å². The third-order valence-corrected chi connectivity index (χ3v) is 3.32. The van der Waals surface area contributed by atoms with Crippen LogP contribution in [0.3, 0.4) is 0 Å². The van der Waals surface area contributed by atoms with Gasteiger partial charge in [0.1, 0.15) is 0 Å². The summed E-state index contributed by atoms with van der Waals surface area (Å²) in [6, 6.07) is 8.66. The maximum atomic E-state index is 6.13. The van der Waals surface area contributed by atoms with E-state index in [9.17, 15) is 0 Å². The summed E-state index contributed by atoms with van der Waals surface area (Å²) < 4.78 is 0. The molecule has 0 unspecified atom stereocenters. The van der Waals surface area contributed by atoms with Gasteiger partial charge in [0, 0.05) is 11.1 Å². The molecule has 0 aliphatic heterocycles. The van der Waals surface area contributed by atoms with Crippen molar-refractivity contribution in [3.63, 3.8) is 0 Å². The molecule has 0 amide bonds. The molecule has 1 saturated carbocycles. The van der Waals surface area contributed by atoms with Crippen LogP contribution in [0.4, 0.5) is 0 Å². The van der Waals surface area contributed by atoms with Gasteiger partial charge in [0.05, 0.1) is 6.54 Å². The lowest BCUT2D eigenvalue weighted by Crippen LogP contribution is -2.40. The van der Waals surface area contributed by atoms with E-state index in [1.165, 1.54) is 5.56 Å². The highest BCUT2D eigenvalue weighted by molar-refractivity contribution is 6.31. The molecular weight excluding hydrogens is 206 g/mol. The number of rotatable bonds is 3. The summed E-state index contributed by atoms with van der Waals surface area (Å²) >= 11 is 6.13. The Hall–Kier alpha value is -0.970. The molecule has 2 rings (SSSR count). The number of hydrogen-bond donors (Lipinski definition) is 1. The molecule has 1 nitrogen and oxygen atoms in total. The van der Waals surface area contributed by atoms with Gasteiger partial charge in [-0.25, -0.2) is 0 Å². The van der Waals surface area contributed by atoms with Crippen LogP contribution in [-0.4, -0.2) is 12.6 Å². The Morgan fingerprint density at radius 3 is 2.80 bits per heavy atom. The van der Waals surface area contributed by atoms with Crippen LogP contribution in [-0.2, 0) is 0 Å². The molecule has 0 atom stereocenters. The van der Waals surface area contributed by atoms with Gasteiger partial charge in [-0.05, 0) is 30.4 Å². The summed E-state index contributed by atoms with van der Waals surface area (Å²) in [7, 11) is 0. The van der Waals surface area contributed by atoms with Crippen LogP contribution in [0.5, 0.6) is 0 Å². The highest BCUT2D eigenvalue weighted by Crippen LogP contribution is 2.39. The molecule has 0 bridgehead atoms. The second kappa shape index (κ2) is 4.70. The lowest BCUT2D eigenvalue weighted by Gasteiger charge is -2.36. The summed E-state index contributed by atoms with van der Waals surface area (Å²) in [5.41, 5.74) is 1.28. The second-order valence-electron chi connectivity index (χ2n) is 3.97. The highest BCUT2D eigenvalue weighted by atomic mass is 35.5. The smallest absolute Gasteiger partial charge is 0.0575 e. The summed E-state index contributed by atoms with van der Waals surface area (Å²) in [5.74, 6) is 3.20. The normalized spacial score (nSPS) is 24.3. The average molecular weight is 220 g/mol. The van der Waals surface area contributed by atoms with Crippen molar-refractivity contribution in [2.45, 2.75) is 24.8 Å². The van der Waals surface area contributed by atoms with E-state index in [0.29, 0.717) is 18.5 Å². The fraction of sp³-hybridized carbons (Fsp3) is 0.385. The zero-order valence-electron chi connectivity index (χ0n) is 8.54. The Morgan fingerprint density at radius 2 is 2.13 bits per heavy atom. The first kappa shape index (κ1) is 10.5. The van der Waals surface area contributed by atoms with Crippen LogP contribution in [0.2, 0.25) is 5.02 Å². The second-order valence-corrected chi connectivity index (χ2v) is 4.38. The van der Waals surface area contributed by atoms with Gasteiger partial charge < -0.3 is 5.32 Å². The molecule has 1 aliphatic carbocycles. The summed E-state index contributed by atoms with van der Waals surface area (Å²) in [6.45, 7) is 0.667. The molecule has 1 aromatic rings. The number of nitrogens with one attached hydrogen (secondary N) is 1. The third-order valence-electron chi connectivity index (χ3n) is 2.98. The van der Waals surface area contributed by atoms with E-state index in [-0.39, 0.29) is 0 Å². The third kappa shape index (κ3) is 2.34. The van der Waals surface area contributed by atoms with Crippen LogP contribution in [0.25, 0.3) is 0 Å². The zero-order valence-corrected chi connectivity index (χ0v) is 9.30. The standard InChI is InChI=1S/C13H14ClN/c1-2-7-15-11-8-10(9-11)12-5-3-4-6-13(12)14/h1,3-6,10-11,15H,7-9H2. The fourth-order valence-electron chi connectivity index (χ4n) is 2.05. The Kier molecular flexibility index (Phi) is 3.30. The largest absolute Gasteiger partial charge is 0.303 e. The molecule has 0 saturated heterocycles. The van der Waals surface area contributed by atoms with E-state index in [0.717, 1.165) is 17.9 Å². The Balaban J connectivity index is 1.90. The van der Waals surface area contributed by atoms with Gasteiger partial charge in [0.2, 0.25) is 0 Å². The van der Waals surface area contributed by atoms with Crippen LogP contribution in [0.15, 0.2) is 24.3 Å². The average Bonchev–Trinajstić information content (AvgIpc) is 2.18. The predicted molar refractivity (Wildman–Crippen MR) is 64.1 cm³/mol. The molecule has 1 fully saturated rings. The maximum Gasteiger partial charge on any atom is 0.0575 e. The molecule has 0 radical (unpaired) electrons. The summed E-state index contributed by atoms with van der Waals surface area (Å²) in [6.07, 6.45) is 7.48. The van der Waals surface area contributed by atoms with Crippen LogP contribution in [0.1, 0.15) is 24.3 Å². The van der Waals surface area contributed by atoms with Gasteiger partial charge in [-0.2, -0.15) is 0 Å². The van der Waals surface area contributed by atoms with Crippen LogP contribution >= 0.6 is 11.6 Å². The van der Waals surface area contributed by atoms with Gasteiger partial charge in [-0.1, -0.05) is 35.7 Å². The first-order chi connectivity index (χ1) is 7.31. The topological polar surface area (TPSA) is 12.0 Å². The number of halogens is 1. The Labute approximate surface area is 95.8 Å². The quantitative estimate of drug-likeness (QED) is 0.771. The van der Waals surface area contributed by atoms with Gasteiger partial charge >= 0.3 is 0 Å². The van der Waals surface area contributed by atoms with Crippen LogP contribution < -0.4 is 5.32 Å². The SMILES string of the molecule is C#CCNC1CC(c2ccccc2Cl)C1.